The Labute approximate surface area is 115 Å². The van der Waals surface area contributed by atoms with Crippen molar-refractivity contribution in [2.24, 2.45) is 0 Å². The fourth-order valence-electron chi connectivity index (χ4n) is 1.86. The predicted molar refractivity (Wildman–Crippen MR) is 78.0 cm³/mol. The highest BCUT2D eigenvalue weighted by Crippen LogP contribution is 2.25. The highest BCUT2D eigenvalue weighted by Gasteiger charge is 2.29. The second-order valence-corrected chi connectivity index (χ2v) is 5.82. The molecule has 3 nitrogen and oxygen atoms in total. The summed E-state index contributed by atoms with van der Waals surface area (Å²) in [5.74, 6) is 0. The summed E-state index contributed by atoms with van der Waals surface area (Å²) < 4.78 is 5.32. The van der Waals surface area contributed by atoms with Gasteiger partial charge in [-0.2, -0.15) is 0 Å². The second kappa shape index (κ2) is 5.91. The molecular formula is C16H23NO2. The van der Waals surface area contributed by atoms with E-state index in [0.717, 1.165) is 5.56 Å². The van der Waals surface area contributed by atoms with Crippen LogP contribution in [0.2, 0.25) is 0 Å². The van der Waals surface area contributed by atoms with Crippen LogP contribution in [-0.4, -0.2) is 11.7 Å². The second-order valence-electron chi connectivity index (χ2n) is 5.82. The summed E-state index contributed by atoms with van der Waals surface area (Å²) in [5.41, 5.74) is 0.0158. The zero-order valence-corrected chi connectivity index (χ0v) is 12.2. The summed E-state index contributed by atoms with van der Waals surface area (Å²) in [6.07, 6.45) is 2.02. The third-order valence-corrected chi connectivity index (χ3v) is 2.74. The maximum Gasteiger partial charge on any atom is 0.408 e. The van der Waals surface area contributed by atoms with Crippen LogP contribution in [-0.2, 0) is 10.3 Å². The van der Waals surface area contributed by atoms with Gasteiger partial charge in [-0.3, -0.25) is 0 Å². The zero-order chi connectivity index (χ0) is 14.5. The summed E-state index contributed by atoms with van der Waals surface area (Å²) in [6.45, 7) is 11.3. The molecule has 0 aromatic heterocycles. The van der Waals surface area contributed by atoms with Crippen molar-refractivity contribution in [3.63, 3.8) is 0 Å². The zero-order valence-electron chi connectivity index (χ0n) is 12.2. The maximum atomic E-state index is 12.0. The van der Waals surface area contributed by atoms with Gasteiger partial charge < -0.3 is 10.1 Å². The van der Waals surface area contributed by atoms with E-state index in [1.54, 1.807) is 6.08 Å². The van der Waals surface area contributed by atoms with E-state index in [-0.39, 0.29) is 0 Å². The molecule has 0 aliphatic heterocycles. The average molecular weight is 261 g/mol. The van der Waals surface area contributed by atoms with Gasteiger partial charge in [0.1, 0.15) is 5.60 Å². The molecule has 1 aromatic rings. The van der Waals surface area contributed by atoms with Gasteiger partial charge in [-0.1, -0.05) is 36.4 Å². The Kier molecular flexibility index (Phi) is 4.76. The molecule has 0 radical (unpaired) electrons. The van der Waals surface area contributed by atoms with E-state index >= 15 is 0 Å². The van der Waals surface area contributed by atoms with Crippen molar-refractivity contribution in [2.45, 2.75) is 45.3 Å². The number of amides is 1. The van der Waals surface area contributed by atoms with Gasteiger partial charge in [0.2, 0.25) is 0 Å². The molecule has 104 valence electrons. The molecule has 1 N–H and O–H groups in total. The monoisotopic (exact) mass is 261 g/mol. The molecule has 19 heavy (non-hydrogen) atoms. The Morgan fingerprint density at radius 1 is 1.26 bits per heavy atom. The van der Waals surface area contributed by atoms with Gasteiger partial charge in [0.15, 0.2) is 0 Å². The fourth-order valence-corrected chi connectivity index (χ4v) is 1.86. The Morgan fingerprint density at radius 3 is 2.32 bits per heavy atom. The van der Waals surface area contributed by atoms with Crippen LogP contribution in [0.5, 0.6) is 0 Å². The molecule has 0 saturated carbocycles. The van der Waals surface area contributed by atoms with E-state index in [4.69, 9.17) is 4.74 Å². The molecule has 1 aromatic carbocycles. The van der Waals surface area contributed by atoms with Gasteiger partial charge in [-0.05, 0) is 39.7 Å². The lowest BCUT2D eigenvalue weighted by atomic mass is 9.89. The molecule has 0 heterocycles. The Hall–Kier alpha value is -1.77. The first-order chi connectivity index (χ1) is 8.77. The average Bonchev–Trinajstić information content (AvgIpc) is 2.27. The summed E-state index contributed by atoms with van der Waals surface area (Å²) in [7, 11) is 0. The van der Waals surface area contributed by atoms with Crippen LogP contribution < -0.4 is 5.32 Å². The Bertz CT molecular complexity index is 434. The minimum atomic E-state index is -0.509. The van der Waals surface area contributed by atoms with Crippen molar-refractivity contribution in [3.8, 4) is 0 Å². The molecular weight excluding hydrogens is 238 g/mol. The van der Waals surface area contributed by atoms with Crippen LogP contribution in [0.3, 0.4) is 0 Å². The number of rotatable bonds is 4. The number of hydrogen-bond acceptors (Lipinski definition) is 2. The molecule has 1 atom stereocenters. The summed E-state index contributed by atoms with van der Waals surface area (Å²) in [5, 5.41) is 2.93. The van der Waals surface area contributed by atoms with Crippen molar-refractivity contribution < 1.29 is 9.53 Å². The topological polar surface area (TPSA) is 38.3 Å². The normalized spacial score (nSPS) is 14.3. The lowest BCUT2D eigenvalue weighted by Crippen LogP contribution is -2.45. The summed E-state index contributed by atoms with van der Waals surface area (Å²) >= 11 is 0. The lowest BCUT2D eigenvalue weighted by molar-refractivity contribution is 0.0462. The highest BCUT2D eigenvalue weighted by atomic mass is 16.6. The van der Waals surface area contributed by atoms with Crippen LogP contribution >= 0.6 is 0 Å². The fraction of sp³-hybridized carbons (Fsp3) is 0.438. The van der Waals surface area contributed by atoms with Crippen LogP contribution in [0.15, 0.2) is 43.0 Å². The molecule has 0 aliphatic carbocycles. The van der Waals surface area contributed by atoms with Gasteiger partial charge in [-0.15, -0.1) is 6.58 Å². The minimum Gasteiger partial charge on any atom is -0.444 e. The molecule has 0 spiro atoms. The molecule has 1 amide bonds. The van der Waals surface area contributed by atoms with Crippen molar-refractivity contribution in [1.29, 1.82) is 0 Å². The van der Waals surface area contributed by atoms with Crippen molar-refractivity contribution >= 4 is 6.09 Å². The van der Waals surface area contributed by atoms with E-state index in [0.29, 0.717) is 6.42 Å². The van der Waals surface area contributed by atoms with Crippen molar-refractivity contribution in [2.75, 3.05) is 0 Å². The minimum absolute atomic E-state index is 0.416. The third kappa shape index (κ3) is 4.78. The largest absolute Gasteiger partial charge is 0.444 e. The van der Waals surface area contributed by atoms with Crippen molar-refractivity contribution in [1.82, 2.24) is 5.32 Å². The third-order valence-electron chi connectivity index (χ3n) is 2.74. The number of alkyl carbamates (subject to hydrolysis) is 1. The number of carbonyl (C=O) groups is 1. The first-order valence-electron chi connectivity index (χ1n) is 6.44. The van der Waals surface area contributed by atoms with Crippen LogP contribution in [0.25, 0.3) is 0 Å². The van der Waals surface area contributed by atoms with E-state index in [1.165, 1.54) is 0 Å². The number of ether oxygens (including phenoxy) is 1. The number of hydrogen-bond donors (Lipinski definition) is 1. The van der Waals surface area contributed by atoms with E-state index in [2.05, 4.69) is 11.9 Å². The summed E-state index contributed by atoms with van der Waals surface area (Å²) in [4.78, 5) is 12.0. The van der Waals surface area contributed by atoms with E-state index < -0.39 is 17.2 Å². The standard InChI is InChI=1S/C16H23NO2/c1-6-12-16(5,13-10-8-7-9-11-13)17-14(18)19-15(2,3)4/h6-11H,1,12H2,2-5H3,(H,17,18)/t16-/m0/s1. The molecule has 1 rings (SSSR count). The van der Waals surface area contributed by atoms with Gasteiger partial charge in [0, 0.05) is 0 Å². The molecule has 0 fully saturated rings. The first kappa shape index (κ1) is 15.3. The SMILES string of the molecule is C=CC[C@](C)(NC(=O)OC(C)(C)C)c1ccccc1. The number of benzene rings is 1. The maximum absolute atomic E-state index is 12.0. The molecule has 0 saturated heterocycles. The van der Waals surface area contributed by atoms with Crippen LogP contribution in [0, 0.1) is 0 Å². The molecule has 0 aliphatic rings. The molecule has 0 unspecified atom stereocenters. The lowest BCUT2D eigenvalue weighted by Gasteiger charge is -2.31. The van der Waals surface area contributed by atoms with E-state index in [9.17, 15) is 4.79 Å². The van der Waals surface area contributed by atoms with Crippen LogP contribution in [0.1, 0.15) is 39.7 Å². The van der Waals surface area contributed by atoms with Gasteiger partial charge >= 0.3 is 6.09 Å². The van der Waals surface area contributed by atoms with Gasteiger partial charge in [0.05, 0.1) is 5.54 Å². The van der Waals surface area contributed by atoms with Gasteiger partial charge in [0.25, 0.3) is 0 Å². The van der Waals surface area contributed by atoms with Crippen molar-refractivity contribution in [3.05, 3.63) is 48.6 Å². The summed E-state index contributed by atoms with van der Waals surface area (Å²) in [6, 6.07) is 9.83. The molecule has 0 bridgehead atoms. The molecule has 3 heteroatoms. The highest BCUT2D eigenvalue weighted by molar-refractivity contribution is 5.69. The first-order valence-corrected chi connectivity index (χ1v) is 6.44. The number of nitrogens with one attached hydrogen (secondary N) is 1. The van der Waals surface area contributed by atoms with Crippen LogP contribution in [0.4, 0.5) is 4.79 Å². The van der Waals surface area contributed by atoms with Gasteiger partial charge in [-0.25, -0.2) is 4.79 Å². The smallest absolute Gasteiger partial charge is 0.408 e. The quantitative estimate of drug-likeness (QED) is 0.832. The Balaban J connectivity index is 2.89. The number of carbonyl (C=O) groups excluding carboxylic acids is 1. The van der Waals surface area contributed by atoms with E-state index in [1.807, 2.05) is 58.0 Å². The Morgan fingerprint density at radius 2 is 1.84 bits per heavy atom. The predicted octanol–water partition coefficient (Wildman–Crippen LogP) is 4.00.